The van der Waals surface area contributed by atoms with Crippen LogP contribution >= 0.6 is 0 Å². The Morgan fingerprint density at radius 2 is 2.26 bits per heavy atom. The van der Waals surface area contributed by atoms with E-state index >= 15 is 0 Å². The van der Waals surface area contributed by atoms with Gasteiger partial charge in [-0.2, -0.15) is 0 Å². The lowest BCUT2D eigenvalue weighted by molar-refractivity contribution is 0.314. The Bertz CT molecular complexity index is 728. The van der Waals surface area contributed by atoms with E-state index in [4.69, 9.17) is 0 Å². The molecule has 2 unspecified atom stereocenters. The van der Waals surface area contributed by atoms with Gasteiger partial charge in [0.05, 0.1) is 12.4 Å². The molecule has 0 bridgehead atoms. The first-order chi connectivity index (χ1) is 9.33. The van der Waals surface area contributed by atoms with Gasteiger partial charge in [0, 0.05) is 0 Å². The van der Waals surface area contributed by atoms with Crippen molar-refractivity contribution in [2.75, 3.05) is 6.54 Å². The van der Waals surface area contributed by atoms with E-state index in [1.54, 1.807) is 12.7 Å². The van der Waals surface area contributed by atoms with Gasteiger partial charge < -0.3 is 10.3 Å². The quantitative estimate of drug-likeness (QED) is 0.681. The van der Waals surface area contributed by atoms with Gasteiger partial charge in [-0.15, -0.1) is 10.2 Å². The van der Waals surface area contributed by atoms with Gasteiger partial charge in [0.1, 0.15) is 11.8 Å². The smallest absolute Gasteiger partial charge is 0.189 e. The zero-order chi connectivity index (χ0) is 12.8. The number of rotatable bonds is 1. The molecular weight excluding hydrogens is 242 g/mol. The minimum absolute atomic E-state index is 0.251. The molecule has 0 radical (unpaired) electrons. The predicted molar refractivity (Wildman–Crippen MR) is 69.6 cm³/mol. The van der Waals surface area contributed by atoms with Gasteiger partial charge in [0.2, 0.25) is 0 Å². The van der Waals surface area contributed by atoms with Crippen LogP contribution in [0.1, 0.15) is 31.6 Å². The van der Waals surface area contributed by atoms with Gasteiger partial charge in [0.15, 0.2) is 17.1 Å². The summed E-state index contributed by atoms with van der Waals surface area (Å²) in [5.41, 5.74) is 2.30. The highest BCUT2D eigenvalue weighted by atomic mass is 15.3. The van der Waals surface area contributed by atoms with Gasteiger partial charge in [-0.05, 0) is 25.3 Å². The number of piperidine rings is 1. The molecule has 1 saturated heterocycles. The Hall–Kier alpha value is -2.02. The maximum atomic E-state index is 4.35. The number of H-pyrrole nitrogens is 1. The highest BCUT2D eigenvalue weighted by Gasteiger charge is 2.24. The van der Waals surface area contributed by atoms with Crippen molar-refractivity contribution < 1.29 is 0 Å². The van der Waals surface area contributed by atoms with Crippen LogP contribution in [-0.2, 0) is 0 Å². The summed E-state index contributed by atoms with van der Waals surface area (Å²) in [7, 11) is 0. The zero-order valence-electron chi connectivity index (χ0n) is 10.7. The molecule has 1 fully saturated rings. The SMILES string of the molecule is CC1CCNC(c2nnc3c4[nH]cnc4ncn23)C1. The van der Waals surface area contributed by atoms with Gasteiger partial charge in [-0.25, -0.2) is 9.97 Å². The molecule has 7 heteroatoms. The fourth-order valence-electron chi connectivity index (χ4n) is 2.79. The molecule has 0 amide bonds. The molecule has 0 aliphatic carbocycles. The molecule has 0 saturated carbocycles. The Labute approximate surface area is 109 Å². The Balaban J connectivity index is 1.86. The van der Waals surface area contributed by atoms with E-state index in [9.17, 15) is 0 Å². The minimum atomic E-state index is 0.251. The molecule has 19 heavy (non-hydrogen) atoms. The Morgan fingerprint density at radius 1 is 1.32 bits per heavy atom. The van der Waals surface area contributed by atoms with Crippen molar-refractivity contribution in [1.82, 2.24) is 34.9 Å². The summed E-state index contributed by atoms with van der Waals surface area (Å²) >= 11 is 0. The number of fused-ring (bicyclic) bond motifs is 3. The largest absolute Gasteiger partial charge is 0.340 e. The van der Waals surface area contributed by atoms with Crippen LogP contribution in [0.4, 0.5) is 0 Å². The second-order valence-electron chi connectivity index (χ2n) is 5.23. The summed E-state index contributed by atoms with van der Waals surface area (Å²) < 4.78 is 1.95. The summed E-state index contributed by atoms with van der Waals surface area (Å²) in [6.45, 7) is 3.31. The fourth-order valence-corrected chi connectivity index (χ4v) is 2.79. The highest BCUT2D eigenvalue weighted by Crippen LogP contribution is 2.26. The number of aromatic amines is 1. The molecule has 0 aromatic carbocycles. The molecule has 98 valence electrons. The predicted octanol–water partition coefficient (Wildman–Crippen LogP) is 1.06. The zero-order valence-corrected chi connectivity index (χ0v) is 10.7. The molecule has 3 aromatic rings. The lowest BCUT2D eigenvalue weighted by atomic mass is 9.94. The van der Waals surface area contributed by atoms with Crippen molar-refractivity contribution in [3.8, 4) is 0 Å². The normalized spacial score (nSPS) is 24.3. The molecule has 4 rings (SSSR count). The average Bonchev–Trinajstić information content (AvgIpc) is 3.04. The van der Waals surface area contributed by atoms with Crippen molar-refractivity contribution in [1.29, 1.82) is 0 Å². The van der Waals surface area contributed by atoms with Crippen molar-refractivity contribution in [3.63, 3.8) is 0 Å². The van der Waals surface area contributed by atoms with Crippen molar-refractivity contribution >= 4 is 16.8 Å². The van der Waals surface area contributed by atoms with Crippen LogP contribution in [0.2, 0.25) is 0 Å². The van der Waals surface area contributed by atoms with E-state index in [-0.39, 0.29) is 6.04 Å². The van der Waals surface area contributed by atoms with Crippen LogP contribution in [-0.4, -0.2) is 36.1 Å². The molecule has 0 spiro atoms. The van der Waals surface area contributed by atoms with Crippen LogP contribution < -0.4 is 5.32 Å². The number of hydrogen-bond donors (Lipinski definition) is 2. The van der Waals surface area contributed by atoms with Gasteiger partial charge in [0.25, 0.3) is 0 Å². The molecule has 2 N–H and O–H groups in total. The summed E-state index contributed by atoms with van der Waals surface area (Å²) in [5, 5.41) is 12.1. The third-order valence-corrected chi connectivity index (χ3v) is 3.84. The molecule has 1 aliphatic rings. The van der Waals surface area contributed by atoms with Crippen molar-refractivity contribution in [2.45, 2.75) is 25.8 Å². The Morgan fingerprint density at radius 3 is 3.16 bits per heavy atom. The summed E-state index contributed by atoms with van der Waals surface area (Å²) in [6, 6.07) is 0.251. The molecule has 1 aliphatic heterocycles. The molecule has 3 aromatic heterocycles. The number of nitrogens with zero attached hydrogens (tertiary/aromatic N) is 5. The first kappa shape index (κ1) is 10.9. The maximum Gasteiger partial charge on any atom is 0.189 e. The fraction of sp³-hybridized carbons (Fsp3) is 0.500. The van der Waals surface area contributed by atoms with E-state index in [1.165, 1.54) is 6.42 Å². The topological polar surface area (TPSA) is 83.8 Å². The van der Waals surface area contributed by atoms with Crippen LogP contribution in [0.15, 0.2) is 12.7 Å². The van der Waals surface area contributed by atoms with E-state index in [0.717, 1.165) is 30.0 Å². The van der Waals surface area contributed by atoms with Crippen LogP contribution in [0.3, 0.4) is 0 Å². The second-order valence-corrected chi connectivity index (χ2v) is 5.23. The van der Waals surface area contributed by atoms with Gasteiger partial charge in [-0.3, -0.25) is 4.40 Å². The molecule has 7 nitrogen and oxygen atoms in total. The average molecular weight is 257 g/mol. The summed E-state index contributed by atoms with van der Waals surface area (Å²) in [5.74, 6) is 1.65. The minimum Gasteiger partial charge on any atom is -0.340 e. The monoisotopic (exact) mass is 257 g/mol. The lowest BCUT2D eigenvalue weighted by Crippen LogP contribution is -2.32. The van der Waals surface area contributed by atoms with E-state index < -0.39 is 0 Å². The van der Waals surface area contributed by atoms with Crippen molar-refractivity contribution in [3.05, 3.63) is 18.5 Å². The van der Waals surface area contributed by atoms with Crippen molar-refractivity contribution in [2.24, 2.45) is 5.92 Å². The summed E-state index contributed by atoms with van der Waals surface area (Å²) in [6.07, 6.45) is 5.69. The number of hydrogen-bond acceptors (Lipinski definition) is 5. The maximum absolute atomic E-state index is 4.35. The van der Waals surface area contributed by atoms with Crippen LogP contribution in [0.25, 0.3) is 16.8 Å². The van der Waals surface area contributed by atoms with E-state index in [1.807, 2.05) is 4.40 Å². The third kappa shape index (κ3) is 1.61. The lowest BCUT2D eigenvalue weighted by Gasteiger charge is -2.26. The standard InChI is InChI=1S/C12H15N7/c1-7-2-3-13-8(4-7)11-17-18-12-9-10(15-5-14-9)16-6-19(11)12/h5-8,13H,2-4H2,1H3,(H,14,15). The van der Waals surface area contributed by atoms with E-state index in [2.05, 4.69) is 37.4 Å². The molecule has 2 atom stereocenters. The Kier molecular flexibility index (Phi) is 2.28. The highest BCUT2D eigenvalue weighted by molar-refractivity contribution is 5.84. The van der Waals surface area contributed by atoms with Gasteiger partial charge >= 0.3 is 0 Å². The number of nitrogens with one attached hydrogen (secondary N) is 2. The second kappa shape index (κ2) is 3.99. The van der Waals surface area contributed by atoms with Crippen LogP contribution in [0, 0.1) is 5.92 Å². The van der Waals surface area contributed by atoms with Crippen LogP contribution in [0.5, 0.6) is 0 Å². The summed E-state index contributed by atoms with van der Waals surface area (Å²) in [4.78, 5) is 11.5. The first-order valence-electron chi connectivity index (χ1n) is 6.59. The van der Waals surface area contributed by atoms with Gasteiger partial charge in [-0.1, -0.05) is 6.92 Å². The number of aromatic nitrogens is 6. The third-order valence-electron chi connectivity index (χ3n) is 3.84. The number of imidazole rings is 1. The molecule has 4 heterocycles. The van der Waals surface area contributed by atoms with E-state index in [0.29, 0.717) is 11.6 Å². The first-order valence-corrected chi connectivity index (χ1v) is 6.59. The molecular formula is C12H15N7.